The van der Waals surface area contributed by atoms with Crippen LogP contribution in [0.15, 0.2) is 53.5 Å². The molecule has 1 aromatic heterocycles. The van der Waals surface area contributed by atoms with Gasteiger partial charge in [-0.25, -0.2) is 14.0 Å². The zero-order valence-electron chi connectivity index (χ0n) is 25.2. The number of rotatable bonds is 9. The number of esters is 1. The largest absolute Gasteiger partial charge is 0.479 e. The highest BCUT2D eigenvalue weighted by atomic mass is 19.1. The molecular formula is C32H40FN3O6. The standard InChI is InChI=1S/C32H40FN3O6/c1-7-9-28(30(38)40-8-2)41-24-11-12-25-21(18-24)14-17-36(29(25)37)22-10-13-27(26(33)19-22)35-16-15-23(20-35)34(6)31(39)42-32(3,4)5/h10-14,17-19,23,28H,7-9,15-16,20H2,1-6H3/t23-,28?/m1/s1. The first-order chi connectivity index (χ1) is 19.9. The number of fused-ring (bicyclic) bond motifs is 1. The molecule has 42 heavy (non-hydrogen) atoms. The van der Waals surface area contributed by atoms with Crippen LogP contribution in [0, 0.1) is 5.82 Å². The first-order valence-electron chi connectivity index (χ1n) is 14.4. The second kappa shape index (κ2) is 12.8. The van der Waals surface area contributed by atoms with Crippen LogP contribution in [0.1, 0.15) is 53.9 Å². The van der Waals surface area contributed by atoms with Crippen molar-refractivity contribution in [2.75, 3.05) is 31.6 Å². The van der Waals surface area contributed by atoms with E-state index in [1.807, 2.05) is 32.6 Å². The molecule has 0 N–H and O–H groups in total. The Morgan fingerprint density at radius 3 is 2.55 bits per heavy atom. The molecule has 1 fully saturated rings. The van der Waals surface area contributed by atoms with Crippen LogP contribution < -0.4 is 15.2 Å². The Bertz CT molecular complexity index is 1500. The average molecular weight is 582 g/mol. The molecule has 10 heteroatoms. The van der Waals surface area contributed by atoms with Crippen molar-refractivity contribution in [3.05, 3.63) is 64.8 Å². The third kappa shape index (κ3) is 7.03. The maximum Gasteiger partial charge on any atom is 0.410 e. The molecule has 2 atom stereocenters. The fourth-order valence-electron chi connectivity index (χ4n) is 5.05. The van der Waals surface area contributed by atoms with Gasteiger partial charge in [0.15, 0.2) is 6.10 Å². The van der Waals surface area contributed by atoms with E-state index in [4.69, 9.17) is 14.2 Å². The molecule has 4 rings (SSSR count). The summed E-state index contributed by atoms with van der Waals surface area (Å²) in [7, 11) is 1.70. The van der Waals surface area contributed by atoms with Gasteiger partial charge in [0.2, 0.25) is 0 Å². The minimum absolute atomic E-state index is 0.106. The second-order valence-corrected chi connectivity index (χ2v) is 11.5. The number of hydrogen-bond acceptors (Lipinski definition) is 7. The predicted molar refractivity (Wildman–Crippen MR) is 160 cm³/mol. The van der Waals surface area contributed by atoms with Crippen LogP contribution in [-0.2, 0) is 14.3 Å². The summed E-state index contributed by atoms with van der Waals surface area (Å²) >= 11 is 0. The smallest absolute Gasteiger partial charge is 0.410 e. The molecule has 0 radical (unpaired) electrons. The zero-order valence-corrected chi connectivity index (χ0v) is 25.2. The van der Waals surface area contributed by atoms with E-state index < -0.39 is 29.6 Å². The van der Waals surface area contributed by atoms with Crippen molar-refractivity contribution < 1.29 is 28.2 Å². The van der Waals surface area contributed by atoms with Gasteiger partial charge in [-0.1, -0.05) is 13.3 Å². The number of benzene rings is 2. The van der Waals surface area contributed by atoms with Crippen molar-refractivity contribution >= 4 is 28.5 Å². The van der Waals surface area contributed by atoms with E-state index in [2.05, 4.69) is 0 Å². The van der Waals surface area contributed by atoms with E-state index in [-0.39, 0.29) is 18.2 Å². The first kappa shape index (κ1) is 30.9. The quantitative estimate of drug-likeness (QED) is 0.300. The Morgan fingerprint density at radius 2 is 1.88 bits per heavy atom. The minimum atomic E-state index is -0.724. The normalized spacial score (nSPS) is 15.9. The lowest BCUT2D eigenvalue weighted by atomic mass is 10.1. The summed E-state index contributed by atoms with van der Waals surface area (Å²) in [5.41, 5.74) is -0.0837. The molecule has 2 aromatic carbocycles. The number of nitrogens with zero attached hydrogens (tertiary/aromatic N) is 3. The topological polar surface area (TPSA) is 90.3 Å². The fraction of sp³-hybridized carbons (Fsp3) is 0.469. The third-order valence-corrected chi connectivity index (χ3v) is 7.20. The van der Waals surface area contributed by atoms with E-state index in [0.717, 1.165) is 6.42 Å². The van der Waals surface area contributed by atoms with Gasteiger partial charge in [-0.15, -0.1) is 0 Å². The Kier molecular flexibility index (Phi) is 9.43. The molecule has 1 unspecified atom stereocenters. The van der Waals surface area contributed by atoms with Crippen LogP contribution in [0.4, 0.5) is 14.9 Å². The number of hydrogen-bond donors (Lipinski definition) is 0. The SMILES string of the molecule is CCCC(Oc1ccc2c(=O)n(-c3ccc(N4CC[C@@H](N(C)C(=O)OC(C)(C)C)C4)c(F)c3)ccc2c1)C(=O)OCC. The summed E-state index contributed by atoms with van der Waals surface area (Å²) < 4.78 is 33.3. The number of amides is 1. The van der Waals surface area contributed by atoms with Gasteiger partial charge in [0.1, 0.15) is 17.2 Å². The van der Waals surface area contributed by atoms with Gasteiger partial charge in [0.25, 0.3) is 5.56 Å². The predicted octanol–water partition coefficient (Wildman–Crippen LogP) is 5.69. The number of halogens is 1. The number of anilines is 1. The van der Waals surface area contributed by atoms with Crippen molar-refractivity contribution in [1.82, 2.24) is 9.47 Å². The van der Waals surface area contributed by atoms with Crippen LogP contribution in [0.2, 0.25) is 0 Å². The van der Waals surface area contributed by atoms with E-state index in [9.17, 15) is 14.4 Å². The minimum Gasteiger partial charge on any atom is -0.479 e. The molecule has 2 heterocycles. The van der Waals surface area contributed by atoms with Crippen LogP contribution >= 0.6 is 0 Å². The summed E-state index contributed by atoms with van der Waals surface area (Å²) in [5.74, 6) is -0.410. The molecule has 9 nitrogen and oxygen atoms in total. The Hall–Kier alpha value is -4.08. The lowest BCUT2D eigenvalue weighted by Crippen LogP contribution is -2.42. The molecular weight excluding hydrogens is 541 g/mol. The Morgan fingerprint density at radius 1 is 1.12 bits per heavy atom. The monoisotopic (exact) mass is 581 g/mol. The van der Waals surface area contributed by atoms with E-state index in [1.165, 1.54) is 10.6 Å². The molecule has 1 aliphatic rings. The maximum absolute atomic E-state index is 15.4. The highest BCUT2D eigenvalue weighted by Crippen LogP contribution is 2.28. The van der Waals surface area contributed by atoms with E-state index in [0.29, 0.717) is 53.8 Å². The summed E-state index contributed by atoms with van der Waals surface area (Å²) in [5, 5.41) is 1.08. The molecule has 1 amide bonds. The van der Waals surface area contributed by atoms with Gasteiger partial charge in [0.05, 0.1) is 24.0 Å². The van der Waals surface area contributed by atoms with Crippen molar-refractivity contribution in [3.8, 4) is 11.4 Å². The molecule has 0 bridgehead atoms. The molecule has 1 saturated heterocycles. The van der Waals surface area contributed by atoms with Crippen molar-refractivity contribution in [2.24, 2.45) is 0 Å². The van der Waals surface area contributed by atoms with Crippen molar-refractivity contribution in [1.29, 1.82) is 0 Å². The van der Waals surface area contributed by atoms with Crippen molar-refractivity contribution in [2.45, 2.75) is 71.6 Å². The summed E-state index contributed by atoms with van der Waals surface area (Å²) in [6, 6.07) is 11.4. The molecule has 0 spiro atoms. The van der Waals surface area contributed by atoms with Crippen LogP contribution in [0.5, 0.6) is 5.75 Å². The lowest BCUT2D eigenvalue weighted by molar-refractivity contribution is -0.151. The summed E-state index contributed by atoms with van der Waals surface area (Å²) in [6.45, 7) is 10.5. The molecule has 3 aromatic rings. The second-order valence-electron chi connectivity index (χ2n) is 11.5. The number of pyridine rings is 1. The van der Waals surface area contributed by atoms with Gasteiger partial charge in [-0.05, 0) is 82.3 Å². The highest BCUT2D eigenvalue weighted by Gasteiger charge is 2.32. The zero-order chi connectivity index (χ0) is 30.6. The lowest BCUT2D eigenvalue weighted by Gasteiger charge is -2.29. The maximum atomic E-state index is 15.4. The average Bonchev–Trinajstić information content (AvgIpc) is 3.41. The Labute approximate surface area is 245 Å². The number of ether oxygens (including phenoxy) is 3. The number of likely N-dealkylation sites (N-methyl/N-ethyl adjacent to an activating group) is 1. The van der Waals surface area contributed by atoms with Crippen molar-refractivity contribution in [3.63, 3.8) is 0 Å². The van der Waals surface area contributed by atoms with Crippen LogP contribution in [-0.4, -0.2) is 66.0 Å². The van der Waals surface area contributed by atoms with Gasteiger partial charge < -0.3 is 24.0 Å². The van der Waals surface area contributed by atoms with E-state index in [1.54, 1.807) is 61.5 Å². The van der Waals surface area contributed by atoms with Crippen LogP contribution in [0.25, 0.3) is 16.5 Å². The highest BCUT2D eigenvalue weighted by molar-refractivity contribution is 5.83. The van der Waals surface area contributed by atoms with Gasteiger partial charge >= 0.3 is 12.1 Å². The third-order valence-electron chi connectivity index (χ3n) is 7.20. The van der Waals surface area contributed by atoms with E-state index >= 15 is 4.39 Å². The molecule has 0 aliphatic carbocycles. The molecule has 1 aliphatic heterocycles. The number of carbonyl (C=O) groups excluding carboxylic acids is 2. The number of carbonyl (C=O) groups is 2. The fourth-order valence-corrected chi connectivity index (χ4v) is 5.05. The summed E-state index contributed by atoms with van der Waals surface area (Å²) in [6.07, 6.45) is 2.42. The first-order valence-corrected chi connectivity index (χ1v) is 14.4. The number of aromatic nitrogens is 1. The molecule has 226 valence electrons. The summed E-state index contributed by atoms with van der Waals surface area (Å²) in [4.78, 5) is 41.6. The molecule has 0 saturated carbocycles. The van der Waals surface area contributed by atoms with Gasteiger partial charge in [-0.2, -0.15) is 0 Å². The van der Waals surface area contributed by atoms with Gasteiger partial charge in [0, 0.05) is 37.8 Å². The van der Waals surface area contributed by atoms with Crippen LogP contribution in [0.3, 0.4) is 0 Å². The Balaban J connectivity index is 1.51. The van der Waals surface area contributed by atoms with Gasteiger partial charge in [-0.3, -0.25) is 9.36 Å².